The van der Waals surface area contributed by atoms with Crippen LogP contribution in [0, 0.1) is 0 Å². The molecule has 10 heteroatoms. The Labute approximate surface area is 164 Å². The number of esters is 1. The number of nitrogens with one attached hydrogen (secondary N) is 2. The number of amides is 2. The Morgan fingerprint density at radius 3 is 2.48 bits per heavy atom. The number of carbonyl (C=O) groups is 3. The number of alkyl halides is 2. The van der Waals surface area contributed by atoms with Crippen LogP contribution in [0.25, 0.3) is 0 Å². The van der Waals surface area contributed by atoms with Crippen molar-refractivity contribution < 1.29 is 37.4 Å². The highest BCUT2D eigenvalue weighted by molar-refractivity contribution is 5.97. The van der Waals surface area contributed by atoms with Gasteiger partial charge in [-0.15, -0.1) is 0 Å². The van der Waals surface area contributed by atoms with E-state index in [-0.39, 0.29) is 11.3 Å². The Morgan fingerprint density at radius 1 is 1.03 bits per heavy atom. The number of rotatable bonds is 9. The first kappa shape index (κ1) is 21.6. The molecule has 2 amide bonds. The first-order chi connectivity index (χ1) is 13.9. The second-order valence-electron chi connectivity index (χ2n) is 5.53. The highest BCUT2D eigenvalue weighted by Crippen LogP contribution is 2.17. The lowest BCUT2D eigenvalue weighted by molar-refractivity contribution is -0.146. The minimum absolute atomic E-state index is 0.0201. The van der Waals surface area contributed by atoms with E-state index < -0.39 is 37.5 Å². The van der Waals surface area contributed by atoms with E-state index in [4.69, 9.17) is 9.47 Å². The zero-order valence-electron chi connectivity index (χ0n) is 15.3. The fourth-order valence-corrected chi connectivity index (χ4v) is 2.16. The topological polar surface area (TPSA) is 103 Å². The normalized spacial score (nSPS) is 10.2. The number of carbonyl (C=O) groups excluding carboxylic acids is 3. The minimum atomic E-state index is -3.02. The summed E-state index contributed by atoms with van der Waals surface area (Å²) in [5.74, 6) is -1.76. The van der Waals surface area contributed by atoms with Crippen molar-refractivity contribution in [3.8, 4) is 11.5 Å². The maximum absolute atomic E-state index is 12.2. The molecule has 2 N–H and O–H groups in total. The third-order valence-electron chi connectivity index (χ3n) is 3.43. The Balaban J connectivity index is 1.76. The van der Waals surface area contributed by atoms with Crippen LogP contribution in [0.15, 0.2) is 48.5 Å². The molecule has 8 nitrogen and oxygen atoms in total. The van der Waals surface area contributed by atoms with Gasteiger partial charge in [0.15, 0.2) is 6.61 Å². The molecule has 0 radical (unpaired) electrons. The number of ether oxygens (including phenoxy) is 3. The average molecular weight is 408 g/mol. The van der Waals surface area contributed by atoms with Crippen LogP contribution in [-0.4, -0.2) is 44.7 Å². The number of methoxy groups -OCH3 is 1. The summed E-state index contributed by atoms with van der Waals surface area (Å²) < 4.78 is 38.4. The number of hydrogen-bond donors (Lipinski definition) is 2. The monoisotopic (exact) mass is 408 g/mol. The molecule has 0 saturated heterocycles. The van der Waals surface area contributed by atoms with Gasteiger partial charge in [-0.3, -0.25) is 14.4 Å². The molecule has 0 saturated carbocycles. The van der Waals surface area contributed by atoms with Crippen molar-refractivity contribution >= 4 is 23.5 Å². The van der Waals surface area contributed by atoms with E-state index in [2.05, 4.69) is 15.4 Å². The van der Waals surface area contributed by atoms with Gasteiger partial charge >= 0.3 is 12.6 Å². The highest BCUT2D eigenvalue weighted by atomic mass is 19.3. The molecule has 0 spiro atoms. The van der Waals surface area contributed by atoms with Crippen LogP contribution in [-0.2, 0) is 14.3 Å². The first-order valence-electron chi connectivity index (χ1n) is 8.30. The maximum atomic E-state index is 12.2. The molecule has 0 atom stereocenters. The molecular weight excluding hydrogens is 390 g/mol. The minimum Gasteiger partial charge on any atom is -0.497 e. The van der Waals surface area contributed by atoms with E-state index >= 15 is 0 Å². The molecule has 0 aliphatic heterocycles. The molecule has 0 aliphatic rings. The molecule has 2 aromatic carbocycles. The van der Waals surface area contributed by atoms with E-state index in [1.54, 1.807) is 24.3 Å². The van der Waals surface area contributed by atoms with Crippen molar-refractivity contribution in [1.82, 2.24) is 5.32 Å². The number of benzene rings is 2. The van der Waals surface area contributed by atoms with Crippen LogP contribution in [0.2, 0.25) is 0 Å². The summed E-state index contributed by atoms with van der Waals surface area (Å²) in [5, 5.41) is 4.79. The molecule has 2 rings (SSSR count). The van der Waals surface area contributed by atoms with Crippen molar-refractivity contribution in [2.24, 2.45) is 0 Å². The van der Waals surface area contributed by atoms with Crippen molar-refractivity contribution in [1.29, 1.82) is 0 Å². The molecule has 29 heavy (non-hydrogen) atoms. The van der Waals surface area contributed by atoms with E-state index in [0.717, 1.165) is 6.07 Å². The lowest BCUT2D eigenvalue weighted by atomic mass is 10.2. The standard InChI is InChI=1S/C19H18F2N2O6/c1-27-14-6-3-5-13(9-14)23-16(24)11-28-17(25)10-22-18(26)12-4-2-7-15(8-12)29-19(20)21/h2-9,19H,10-11H2,1H3,(H,22,26)(H,23,24). The van der Waals surface area contributed by atoms with Crippen LogP contribution in [0.5, 0.6) is 11.5 Å². The van der Waals surface area contributed by atoms with E-state index in [1.165, 1.54) is 25.3 Å². The summed E-state index contributed by atoms with van der Waals surface area (Å²) in [6.45, 7) is -4.08. The Morgan fingerprint density at radius 2 is 1.76 bits per heavy atom. The first-order valence-corrected chi connectivity index (χ1v) is 8.30. The summed E-state index contributed by atoms with van der Waals surface area (Å²) >= 11 is 0. The summed E-state index contributed by atoms with van der Waals surface area (Å²) in [5.41, 5.74) is 0.483. The van der Waals surface area contributed by atoms with Crippen molar-refractivity contribution in [2.75, 3.05) is 25.6 Å². The zero-order chi connectivity index (χ0) is 21.2. The van der Waals surface area contributed by atoms with Gasteiger partial charge in [0.05, 0.1) is 7.11 Å². The van der Waals surface area contributed by atoms with Crippen LogP contribution < -0.4 is 20.1 Å². The van der Waals surface area contributed by atoms with Crippen molar-refractivity contribution in [3.63, 3.8) is 0 Å². The van der Waals surface area contributed by atoms with E-state index in [9.17, 15) is 23.2 Å². The average Bonchev–Trinajstić information content (AvgIpc) is 2.70. The van der Waals surface area contributed by atoms with Crippen molar-refractivity contribution in [3.05, 3.63) is 54.1 Å². The molecule has 0 bridgehead atoms. The van der Waals surface area contributed by atoms with Gasteiger partial charge in [0.2, 0.25) is 0 Å². The molecule has 0 heterocycles. The molecule has 0 fully saturated rings. The van der Waals surface area contributed by atoms with Gasteiger partial charge in [-0.2, -0.15) is 8.78 Å². The number of anilines is 1. The summed E-state index contributed by atoms with van der Waals surface area (Å²) in [4.78, 5) is 35.5. The Bertz CT molecular complexity index is 875. The van der Waals surface area contributed by atoms with E-state index in [0.29, 0.717) is 11.4 Å². The summed E-state index contributed by atoms with van der Waals surface area (Å²) in [6.07, 6.45) is 0. The summed E-state index contributed by atoms with van der Waals surface area (Å²) in [7, 11) is 1.49. The molecule has 2 aromatic rings. The largest absolute Gasteiger partial charge is 0.497 e. The fourth-order valence-electron chi connectivity index (χ4n) is 2.16. The Kier molecular flexibility index (Phi) is 7.89. The zero-order valence-corrected chi connectivity index (χ0v) is 15.3. The van der Waals surface area contributed by atoms with Gasteiger partial charge in [-0.1, -0.05) is 12.1 Å². The molecule has 0 aromatic heterocycles. The lowest BCUT2D eigenvalue weighted by Crippen LogP contribution is -2.32. The van der Waals surface area contributed by atoms with Crippen LogP contribution in [0.3, 0.4) is 0 Å². The summed E-state index contributed by atoms with van der Waals surface area (Å²) in [6, 6.07) is 11.7. The quantitative estimate of drug-likeness (QED) is 0.617. The number of halogens is 2. The molecular formula is C19H18F2N2O6. The van der Waals surface area contributed by atoms with E-state index in [1.807, 2.05) is 0 Å². The smallest absolute Gasteiger partial charge is 0.387 e. The molecule has 0 aliphatic carbocycles. The maximum Gasteiger partial charge on any atom is 0.387 e. The Hall–Kier alpha value is -3.69. The lowest BCUT2D eigenvalue weighted by Gasteiger charge is -2.09. The van der Waals surface area contributed by atoms with Crippen molar-refractivity contribution in [2.45, 2.75) is 6.61 Å². The predicted molar refractivity (Wildman–Crippen MR) is 98.0 cm³/mol. The van der Waals surface area contributed by atoms with Crippen LogP contribution in [0.4, 0.5) is 14.5 Å². The third-order valence-corrected chi connectivity index (χ3v) is 3.43. The molecule has 154 valence electrons. The SMILES string of the molecule is COc1cccc(NC(=O)COC(=O)CNC(=O)c2cccc(OC(F)F)c2)c1. The van der Waals surface area contributed by atoms with Gasteiger partial charge in [-0.05, 0) is 30.3 Å². The van der Waals surface area contributed by atoms with Gasteiger partial charge in [0, 0.05) is 17.3 Å². The second-order valence-corrected chi connectivity index (χ2v) is 5.53. The van der Waals surface area contributed by atoms with Crippen LogP contribution in [0.1, 0.15) is 10.4 Å². The van der Waals surface area contributed by atoms with Gasteiger partial charge in [0.25, 0.3) is 11.8 Å². The third kappa shape index (κ3) is 7.45. The molecule has 0 unspecified atom stereocenters. The fraction of sp³-hybridized carbons (Fsp3) is 0.211. The van der Waals surface area contributed by atoms with Crippen LogP contribution >= 0.6 is 0 Å². The second kappa shape index (κ2) is 10.6. The predicted octanol–water partition coefficient (Wildman–Crippen LogP) is 2.21. The van der Waals surface area contributed by atoms with Gasteiger partial charge < -0.3 is 24.8 Å². The number of hydrogen-bond acceptors (Lipinski definition) is 6. The van der Waals surface area contributed by atoms with Gasteiger partial charge in [0.1, 0.15) is 18.0 Å². The highest BCUT2D eigenvalue weighted by Gasteiger charge is 2.13. The van der Waals surface area contributed by atoms with Gasteiger partial charge in [-0.25, -0.2) is 0 Å².